The first-order valence-corrected chi connectivity index (χ1v) is 10.2. The predicted molar refractivity (Wildman–Crippen MR) is 113 cm³/mol. The molecule has 0 N–H and O–H groups in total. The van der Waals surface area contributed by atoms with E-state index in [1.54, 1.807) is 11.0 Å². The molecule has 0 radical (unpaired) electrons. The summed E-state index contributed by atoms with van der Waals surface area (Å²) in [6, 6.07) is 2.08. The van der Waals surface area contributed by atoms with E-state index in [9.17, 15) is 4.79 Å². The molecule has 1 amide bonds. The number of likely N-dealkylation sites (N-methyl/N-ethyl adjacent to an activating group) is 1. The van der Waals surface area contributed by atoms with Gasteiger partial charge in [-0.2, -0.15) is 5.10 Å². The minimum absolute atomic E-state index is 0.0774. The van der Waals surface area contributed by atoms with E-state index in [1.165, 1.54) is 0 Å². The number of aryl methyl sites for hydroxylation is 2. The van der Waals surface area contributed by atoms with Crippen LogP contribution in [0.15, 0.2) is 12.4 Å². The van der Waals surface area contributed by atoms with Crippen molar-refractivity contribution in [1.29, 1.82) is 0 Å². The highest BCUT2D eigenvalue weighted by Gasteiger charge is 2.27. The van der Waals surface area contributed by atoms with Gasteiger partial charge in [-0.3, -0.25) is 9.48 Å². The van der Waals surface area contributed by atoms with Crippen LogP contribution in [0.1, 0.15) is 21.7 Å². The maximum absolute atomic E-state index is 13.0. The maximum atomic E-state index is 13.0. The molecule has 2 saturated heterocycles. The Hall–Kier alpha value is -2.68. The fourth-order valence-electron chi connectivity index (χ4n) is 4.10. The number of nitrogens with zero attached hydrogens (tertiary/aromatic N) is 8. The lowest BCUT2D eigenvalue weighted by molar-refractivity contribution is 0.0745. The van der Waals surface area contributed by atoms with Crippen molar-refractivity contribution in [2.75, 3.05) is 69.2 Å². The summed E-state index contributed by atoms with van der Waals surface area (Å²) >= 11 is 0. The van der Waals surface area contributed by atoms with Gasteiger partial charge >= 0.3 is 0 Å². The quantitative estimate of drug-likeness (QED) is 0.747. The summed E-state index contributed by atoms with van der Waals surface area (Å²) in [5.74, 6) is 2.01. The minimum Gasteiger partial charge on any atom is -0.354 e. The van der Waals surface area contributed by atoms with Gasteiger partial charge in [0.2, 0.25) is 0 Å². The number of piperazine rings is 2. The van der Waals surface area contributed by atoms with E-state index in [4.69, 9.17) is 0 Å². The topological polar surface area (TPSA) is 73.6 Å². The summed E-state index contributed by atoms with van der Waals surface area (Å²) in [7, 11) is 4.03. The normalized spacial score (nSPS) is 18.4. The van der Waals surface area contributed by atoms with E-state index in [1.807, 2.05) is 25.8 Å². The van der Waals surface area contributed by atoms with Crippen LogP contribution in [-0.4, -0.2) is 94.9 Å². The second-order valence-electron chi connectivity index (χ2n) is 7.97. The molecule has 0 aliphatic carbocycles. The Morgan fingerprint density at radius 3 is 1.93 bits per heavy atom. The van der Waals surface area contributed by atoms with E-state index in [0.717, 1.165) is 67.9 Å². The lowest BCUT2D eigenvalue weighted by Gasteiger charge is -2.36. The zero-order valence-electron chi connectivity index (χ0n) is 17.8. The molecule has 9 heteroatoms. The molecule has 2 aliphatic heterocycles. The largest absolute Gasteiger partial charge is 0.354 e. The highest BCUT2D eigenvalue weighted by Crippen LogP contribution is 2.21. The third-order valence-electron chi connectivity index (χ3n) is 6.08. The van der Waals surface area contributed by atoms with Gasteiger partial charge in [-0.15, -0.1) is 0 Å². The van der Waals surface area contributed by atoms with Crippen molar-refractivity contribution in [2.24, 2.45) is 7.05 Å². The Labute approximate surface area is 171 Å². The van der Waals surface area contributed by atoms with Crippen LogP contribution >= 0.6 is 0 Å². The monoisotopic (exact) mass is 398 g/mol. The van der Waals surface area contributed by atoms with Crippen molar-refractivity contribution >= 4 is 17.5 Å². The van der Waals surface area contributed by atoms with Crippen LogP contribution in [0.2, 0.25) is 0 Å². The average Bonchev–Trinajstić information content (AvgIpc) is 2.99. The Kier molecular flexibility index (Phi) is 5.40. The summed E-state index contributed by atoms with van der Waals surface area (Å²) in [6.45, 7) is 10.8. The number of anilines is 2. The highest BCUT2D eigenvalue weighted by atomic mass is 16.2. The molecule has 4 rings (SSSR count). The number of carbonyl (C=O) groups excluding carboxylic acids is 1. The van der Waals surface area contributed by atoms with Crippen molar-refractivity contribution in [2.45, 2.75) is 13.8 Å². The van der Waals surface area contributed by atoms with Gasteiger partial charge in [0, 0.05) is 71.2 Å². The minimum atomic E-state index is 0.0774. The fourth-order valence-corrected chi connectivity index (χ4v) is 4.10. The first-order valence-electron chi connectivity index (χ1n) is 10.2. The fraction of sp³-hybridized carbons (Fsp3) is 0.600. The van der Waals surface area contributed by atoms with Crippen molar-refractivity contribution in [3.63, 3.8) is 0 Å². The van der Waals surface area contributed by atoms with Crippen molar-refractivity contribution in [3.8, 4) is 0 Å². The molecule has 0 saturated carbocycles. The summed E-state index contributed by atoms with van der Waals surface area (Å²) in [6.07, 6.45) is 1.66. The van der Waals surface area contributed by atoms with Crippen LogP contribution in [0.3, 0.4) is 0 Å². The second kappa shape index (κ2) is 7.98. The van der Waals surface area contributed by atoms with E-state index >= 15 is 0 Å². The third-order valence-corrected chi connectivity index (χ3v) is 6.08. The predicted octanol–water partition coefficient (Wildman–Crippen LogP) is 0.541. The standard InChI is InChI=1S/C20H30N8O/c1-15-19(16(2)25(4)23-15)20(29)28-11-9-27(10-12-28)18-13-17(21-14-22-18)26-7-5-24(3)6-8-26/h13-14H,5-12H2,1-4H3. The van der Waals surface area contributed by atoms with Crippen LogP contribution in [0.25, 0.3) is 0 Å². The van der Waals surface area contributed by atoms with Crippen molar-refractivity contribution in [1.82, 2.24) is 29.5 Å². The molecular formula is C20H30N8O. The van der Waals surface area contributed by atoms with Gasteiger partial charge in [0.15, 0.2) is 0 Å². The highest BCUT2D eigenvalue weighted by molar-refractivity contribution is 5.96. The number of hydrogen-bond donors (Lipinski definition) is 0. The molecule has 2 aliphatic rings. The molecule has 2 aromatic heterocycles. The molecule has 2 fully saturated rings. The van der Waals surface area contributed by atoms with Gasteiger partial charge < -0.3 is 19.6 Å². The van der Waals surface area contributed by atoms with Crippen LogP contribution in [0.4, 0.5) is 11.6 Å². The van der Waals surface area contributed by atoms with E-state index in [0.29, 0.717) is 13.1 Å². The molecule has 0 aromatic carbocycles. The van der Waals surface area contributed by atoms with Crippen molar-refractivity contribution < 1.29 is 4.79 Å². The average molecular weight is 399 g/mol. The molecule has 0 bridgehead atoms. The molecule has 0 spiro atoms. The Bertz CT molecular complexity index is 879. The number of amides is 1. The lowest BCUT2D eigenvalue weighted by atomic mass is 10.1. The van der Waals surface area contributed by atoms with Gasteiger partial charge in [0.05, 0.1) is 11.3 Å². The zero-order valence-corrected chi connectivity index (χ0v) is 17.8. The molecule has 9 nitrogen and oxygen atoms in total. The van der Waals surface area contributed by atoms with Crippen molar-refractivity contribution in [3.05, 3.63) is 29.3 Å². The summed E-state index contributed by atoms with van der Waals surface area (Å²) in [5, 5.41) is 4.38. The van der Waals surface area contributed by atoms with Crippen LogP contribution in [0.5, 0.6) is 0 Å². The maximum Gasteiger partial charge on any atom is 0.257 e. The van der Waals surface area contributed by atoms with Crippen LogP contribution < -0.4 is 9.80 Å². The molecule has 0 atom stereocenters. The molecule has 156 valence electrons. The number of hydrogen-bond acceptors (Lipinski definition) is 7. The smallest absolute Gasteiger partial charge is 0.257 e. The van der Waals surface area contributed by atoms with E-state index < -0.39 is 0 Å². The van der Waals surface area contributed by atoms with E-state index in [2.05, 4.69) is 42.9 Å². The number of carbonyl (C=O) groups is 1. The third kappa shape index (κ3) is 3.91. The molecule has 4 heterocycles. The Balaban J connectivity index is 1.41. The second-order valence-corrected chi connectivity index (χ2v) is 7.97. The van der Waals surface area contributed by atoms with Gasteiger partial charge in [0.25, 0.3) is 5.91 Å². The first kappa shape index (κ1) is 19.6. The first-order chi connectivity index (χ1) is 13.9. The number of aromatic nitrogens is 4. The molecule has 0 unspecified atom stereocenters. The van der Waals surface area contributed by atoms with Gasteiger partial charge in [-0.1, -0.05) is 0 Å². The molecular weight excluding hydrogens is 368 g/mol. The van der Waals surface area contributed by atoms with E-state index in [-0.39, 0.29) is 5.91 Å². The summed E-state index contributed by atoms with van der Waals surface area (Å²) in [4.78, 5) is 30.8. The summed E-state index contributed by atoms with van der Waals surface area (Å²) < 4.78 is 1.78. The SMILES string of the molecule is Cc1nn(C)c(C)c1C(=O)N1CCN(c2cc(N3CCN(C)CC3)ncn2)CC1. The van der Waals surface area contributed by atoms with Crippen LogP contribution in [0, 0.1) is 13.8 Å². The van der Waals surface area contributed by atoms with Crippen LogP contribution in [-0.2, 0) is 7.05 Å². The number of rotatable bonds is 3. The molecule has 2 aromatic rings. The summed E-state index contributed by atoms with van der Waals surface area (Å²) in [5.41, 5.74) is 2.45. The van der Waals surface area contributed by atoms with Gasteiger partial charge in [-0.05, 0) is 20.9 Å². The molecule has 29 heavy (non-hydrogen) atoms. The lowest BCUT2D eigenvalue weighted by Crippen LogP contribution is -2.49. The Morgan fingerprint density at radius 1 is 0.862 bits per heavy atom. The Morgan fingerprint density at radius 2 is 1.41 bits per heavy atom. The van der Waals surface area contributed by atoms with Gasteiger partial charge in [0.1, 0.15) is 18.0 Å². The van der Waals surface area contributed by atoms with Gasteiger partial charge in [-0.25, -0.2) is 9.97 Å². The zero-order chi connectivity index (χ0) is 20.5.